The SMILES string of the molecule is C[C@H]1C[C@@H]2C(=O)CCC[C@@H]2[C@@]12C(=O)OCC2c1ccoc1. The number of Topliss-reactive ketones (excluding diaryl/α,β-unsaturated/α-hetero) is 1. The topological polar surface area (TPSA) is 56.5 Å². The number of hydrogen-bond acceptors (Lipinski definition) is 4. The average Bonchev–Trinajstić information content (AvgIpc) is 3.14. The molecular weight excluding hydrogens is 268 g/mol. The standard InChI is InChI=1S/C17H20O4/c1-10-7-12-13(3-2-4-15(12)18)17(10)14(9-21-16(17)19)11-5-6-20-8-11/h5-6,8,10,12-14H,2-4,7,9H2,1H3/t10-,12-,13-,14?,17-/m0/s1. The van der Waals surface area contributed by atoms with E-state index in [1.807, 2.05) is 6.07 Å². The minimum Gasteiger partial charge on any atom is -0.472 e. The number of ketones is 1. The first kappa shape index (κ1) is 13.1. The van der Waals surface area contributed by atoms with Crippen LogP contribution < -0.4 is 0 Å². The molecule has 1 unspecified atom stereocenters. The van der Waals surface area contributed by atoms with E-state index in [1.165, 1.54) is 0 Å². The van der Waals surface area contributed by atoms with E-state index in [0.717, 1.165) is 24.8 Å². The molecule has 1 saturated heterocycles. The summed E-state index contributed by atoms with van der Waals surface area (Å²) in [5.74, 6) is 0.658. The van der Waals surface area contributed by atoms with Gasteiger partial charge in [-0.1, -0.05) is 6.92 Å². The summed E-state index contributed by atoms with van der Waals surface area (Å²) in [5.41, 5.74) is 0.510. The van der Waals surface area contributed by atoms with Crippen LogP contribution in [0.5, 0.6) is 0 Å². The molecule has 0 bridgehead atoms. The zero-order chi connectivity index (χ0) is 14.6. The lowest BCUT2D eigenvalue weighted by atomic mass is 9.60. The van der Waals surface area contributed by atoms with Crippen molar-refractivity contribution >= 4 is 11.8 Å². The number of hydrogen-bond donors (Lipinski definition) is 0. The first-order valence-electron chi connectivity index (χ1n) is 7.87. The molecule has 0 N–H and O–H groups in total. The number of esters is 1. The Morgan fingerprint density at radius 3 is 2.95 bits per heavy atom. The van der Waals surface area contributed by atoms with Crippen LogP contribution in [0.2, 0.25) is 0 Å². The molecule has 3 fully saturated rings. The lowest BCUT2D eigenvalue weighted by Crippen LogP contribution is -2.43. The van der Waals surface area contributed by atoms with Gasteiger partial charge in [-0.2, -0.15) is 0 Å². The van der Waals surface area contributed by atoms with E-state index in [4.69, 9.17) is 9.15 Å². The van der Waals surface area contributed by atoms with Crippen molar-refractivity contribution in [3.05, 3.63) is 24.2 Å². The van der Waals surface area contributed by atoms with Crippen molar-refractivity contribution in [2.45, 2.75) is 38.5 Å². The molecule has 2 heterocycles. The van der Waals surface area contributed by atoms with Crippen molar-refractivity contribution in [2.24, 2.45) is 23.2 Å². The summed E-state index contributed by atoms with van der Waals surface area (Å²) in [4.78, 5) is 25.0. The maximum absolute atomic E-state index is 12.7. The van der Waals surface area contributed by atoms with Crippen LogP contribution in [0.15, 0.2) is 23.0 Å². The first-order valence-corrected chi connectivity index (χ1v) is 7.87. The quantitative estimate of drug-likeness (QED) is 0.746. The van der Waals surface area contributed by atoms with E-state index in [-0.39, 0.29) is 29.6 Å². The van der Waals surface area contributed by atoms with Crippen LogP contribution in [-0.2, 0) is 14.3 Å². The number of carbonyl (C=O) groups is 2. The number of carbonyl (C=O) groups excluding carboxylic acids is 2. The third-order valence-corrected chi connectivity index (χ3v) is 6.13. The molecule has 1 spiro atoms. The first-order chi connectivity index (χ1) is 10.2. The van der Waals surface area contributed by atoms with Crippen LogP contribution in [-0.4, -0.2) is 18.4 Å². The Hall–Kier alpha value is -1.58. The second kappa shape index (κ2) is 4.46. The summed E-state index contributed by atoms with van der Waals surface area (Å²) >= 11 is 0. The van der Waals surface area contributed by atoms with Crippen molar-refractivity contribution in [1.82, 2.24) is 0 Å². The van der Waals surface area contributed by atoms with Gasteiger partial charge in [-0.05, 0) is 42.7 Å². The van der Waals surface area contributed by atoms with Crippen LogP contribution in [0.3, 0.4) is 0 Å². The molecule has 4 rings (SSSR count). The Morgan fingerprint density at radius 1 is 1.33 bits per heavy atom. The highest BCUT2D eigenvalue weighted by molar-refractivity contribution is 5.88. The molecule has 1 aromatic heterocycles. The predicted molar refractivity (Wildman–Crippen MR) is 74.5 cm³/mol. The molecule has 0 aromatic carbocycles. The van der Waals surface area contributed by atoms with Gasteiger partial charge < -0.3 is 9.15 Å². The van der Waals surface area contributed by atoms with Crippen molar-refractivity contribution in [2.75, 3.05) is 6.61 Å². The normalized spacial score (nSPS) is 42.3. The largest absolute Gasteiger partial charge is 0.472 e. The van der Waals surface area contributed by atoms with Crippen LogP contribution >= 0.6 is 0 Å². The summed E-state index contributed by atoms with van der Waals surface area (Å²) in [6.45, 7) is 2.53. The fourth-order valence-corrected chi connectivity index (χ4v) is 5.28. The molecule has 3 aliphatic rings. The van der Waals surface area contributed by atoms with Gasteiger partial charge in [-0.15, -0.1) is 0 Å². The Morgan fingerprint density at radius 2 is 2.19 bits per heavy atom. The third-order valence-electron chi connectivity index (χ3n) is 6.13. The highest BCUT2D eigenvalue weighted by Gasteiger charge is 2.67. The van der Waals surface area contributed by atoms with Gasteiger partial charge in [0.15, 0.2) is 0 Å². The lowest BCUT2D eigenvalue weighted by molar-refractivity contribution is -0.151. The van der Waals surface area contributed by atoms with Crippen molar-refractivity contribution in [3.8, 4) is 0 Å². The Kier molecular flexibility index (Phi) is 2.78. The number of ether oxygens (including phenoxy) is 1. The van der Waals surface area contributed by atoms with Crippen molar-refractivity contribution in [1.29, 1.82) is 0 Å². The molecule has 2 saturated carbocycles. The van der Waals surface area contributed by atoms with Crippen LogP contribution in [0.4, 0.5) is 0 Å². The van der Waals surface area contributed by atoms with Crippen LogP contribution in [0.1, 0.15) is 44.1 Å². The average molecular weight is 288 g/mol. The van der Waals surface area contributed by atoms with Crippen LogP contribution in [0.25, 0.3) is 0 Å². The van der Waals surface area contributed by atoms with Gasteiger partial charge in [-0.25, -0.2) is 0 Å². The number of rotatable bonds is 1. The summed E-state index contributed by atoms with van der Waals surface area (Å²) in [6.07, 6.45) is 6.74. The molecular formula is C17H20O4. The van der Waals surface area contributed by atoms with E-state index in [1.54, 1.807) is 12.5 Å². The van der Waals surface area contributed by atoms with Gasteiger partial charge >= 0.3 is 5.97 Å². The summed E-state index contributed by atoms with van der Waals surface area (Å²) < 4.78 is 10.7. The molecule has 4 nitrogen and oxygen atoms in total. The third kappa shape index (κ3) is 1.56. The van der Waals surface area contributed by atoms with E-state index in [2.05, 4.69) is 6.92 Å². The molecule has 1 aliphatic heterocycles. The highest BCUT2D eigenvalue weighted by Crippen LogP contribution is 2.64. The van der Waals surface area contributed by atoms with Gasteiger partial charge in [0.2, 0.25) is 0 Å². The van der Waals surface area contributed by atoms with Gasteiger partial charge in [0.1, 0.15) is 5.78 Å². The van der Waals surface area contributed by atoms with Gasteiger partial charge in [0.05, 0.1) is 24.5 Å². The molecule has 0 radical (unpaired) electrons. The summed E-state index contributed by atoms with van der Waals surface area (Å²) in [6, 6.07) is 1.93. The summed E-state index contributed by atoms with van der Waals surface area (Å²) in [5, 5.41) is 0. The molecule has 5 atom stereocenters. The fourth-order valence-electron chi connectivity index (χ4n) is 5.28. The highest BCUT2D eigenvalue weighted by atomic mass is 16.5. The Balaban J connectivity index is 1.82. The number of cyclic esters (lactones) is 1. The number of furan rings is 1. The molecule has 4 heteroatoms. The van der Waals surface area contributed by atoms with Crippen molar-refractivity contribution in [3.63, 3.8) is 0 Å². The summed E-state index contributed by atoms with van der Waals surface area (Å²) in [7, 11) is 0. The zero-order valence-electron chi connectivity index (χ0n) is 12.2. The fraction of sp³-hybridized carbons (Fsp3) is 0.647. The van der Waals surface area contributed by atoms with E-state index in [0.29, 0.717) is 18.8 Å². The van der Waals surface area contributed by atoms with Crippen LogP contribution in [0, 0.1) is 23.2 Å². The van der Waals surface area contributed by atoms with Gasteiger partial charge in [0, 0.05) is 18.3 Å². The van der Waals surface area contributed by atoms with Gasteiger partial charge in [-0.3, -0.25) is 9.59 Å². The Bertz CT molecular complexity index is 576. The molecule has 112 valence electrons. The van der Waals surface area contributed by atoms with E-state index < -0.39 is 5.41 Å². The Labute approximate surface area is 123 Å². The smallest absolute Gasteiger partial charge is 0.313 e. The van der Waals surface area contributed by atoms with E-state index >= 15 is 0 Å². The van der Waals surface area contributed by atoms with Crippen molar-refractivity contribution < 1.29 is 18.7 Å². The second-order valence-corrected chi connectivity index (χ2v) is 6.85. The monoisotopic (exact) mass is 288 g/mol. The minimum absolute atomic E-state index is 0.0275. The maximum atomic E-state index is 12.7. The van der Waals surface area contributed by atoms with E-state index in [9.17, 15) is 9.59 Å². The van der Waals surface area contributed by atoms with Gasteiger partial charge in [0.25, 0.3) is 0 Å². The minimum atomic E-state index is -0.523. The molecule has 0 amide bonds. The molecule has 21 heavy (non-hydrogen) atoms. The second-order valence-electron chi connectivity index (χ2n) is 6.85. The lowest BCUT2D eigenvalue weighted by Gasteiger charge is -2.38. The molecule has 1 aromatic rings. The zero-order valence-corrected chi connectivity index (χ0v) is 12.2. The maximum Gasteiger partial charge on any atom is 0.313 e. The number of fused-ring (bicyclic) bond motifs is 2. The molecule has 2 aliphatic carbocycles. The predicted octanol–water partition coefficient (Wildman–Crippen LogP) is 2.93.